The second-order valence-electron chi connectivity index (χ2n) is 5.32. The van der Waals surface area contributed by atoms with E-state index in [1.54, 1.807) is 7.11 Å². The van der Waals surface area contributed by atoms with Crippen LogP contribution in [0.5, 0.6) is 0 Å². The Balaban J connectivity index is 1.93. The maximum absolute atomic E-state index is 12.0. The van der Waals surface area contributed by atoms with Gasteiger partial charge in [0, 0.05) is 13.2 Å². The molecule has 1 aromatic carbocycles. The first kappa shape index (κ1) is 17.5. The molecule has 0 saturated heterocycles. The molecule has 5 N–H and O–H groups in total. The van der Waals surface area contributed by atoms with Crippen molar-refractivity contribution < 1.29 is 9.53 Å². The Morgan fingerprint density at radius 3 is 2.67 bits per heavy atom. The number of nitrogens with zero attached hydrogens (tertiary/aromatic N) is 2. The van der Waals surface area contributed by atoms with Crippen molar-refractivity contribution in [2.24, 2.45) is 0 Å². The third-order valence-corrected chi connectivity index (χ3v) is 3.21. The number of hydrogen-bond donors (Lipinski definition) is 4. The molecule has 2 rings (SSSR count). The van der Waals surface area contributed by atoms with Gasteiger partial charge in [-0.05, 0) is 12.5 Å². The summed E-state index contributed by atoms with van der Waals surface area (Å²) < 4.78 is 5.06. The Morgan fingerprint density at radius 2 is 1.96 bits per heavy atom. The van der Waals surface area contributed by atoms with Crippen molar-refractivity contribution in [2.45, 2.75) is 19.4 Å². The summed E-state index contributed by atoms with van der Waals surface area (Å²) in [6.07, 6.45) is 1.62. The molecule has 1 aromatic heterocycles. The van der Waals surface area contributed by atoms with Gasteiger partial charge in [-0.2, -0.15) is 0 Å². The minimum atomic E-state index is -0.193. The molecule has 0 saturated carbocycles. The van der Waals surface area contributed by atoms with Crippen LogP contribution in [0.2, 0.25) is 0 Å². The van der Waals surface area contributed by atoms with Gasteiger partial charge in [0.2, 0.25) is 5.91 Å². The molecule has 2 aromatic rings. The van der Waals surface area contributed by atoms with Gasteiger partial charge in [-0.25, -0.2) is 9.97 Å². The fraction of sp³-hybridized carbons (Fsp3) is 0.312. The van der Waals surface area contributed by atoms with Crippen LogP contribution in [0.15, 0.2) is 36.7 Å². The molecule has 1 amide bonds. The molecule has 0 fully saturated rings. The van der Waals surface area contributed by atoms with Crippen molar-refractivity contribution >= 4 is 23.2 Å². The van der Waals surface area contributed by atoms with E-state index in [2.05, 4.69) is 26.1 Å². The monoisotopic (exact) mass is 330 g/mol. The number of carbonyl (C=O) groups is 1. The minimum absolute atomic E-state index is 0.0349. The van der Waals surface area contributed by atoms with E-state index < -0.39 is 0 Å². The Morgan fingerprint density at radius 1 is 1.25 bits per heavy atom. The van der Waals surface area contributed by atoms with Gasteiger partial charge in [-0.1, -0.05) is 30.3 Å². The average molecular weight is 330 g/mol. The molecule has 1 heterocycles. The number of amides is 1. The molecule has 1 unspecified atom stereocenters. The zero-order valence-electron chi connectivity index (χ0n) is 13.7. The molecule has 8 nitrogen and oxygen atoms in total. The van der Waals surface area contributed by atoms with E-state index >= 15 is 0 Å². The summed E-state index contributed by atoms with van der Waals surface area (Å²) in [5.41, 5.74) is 12.6. The first-order chi connectivity index (χ1) is 11.6. The Hall–Kier alpha value is -2.87. The zero-order chi connectivity index (χ0) is 17.4. The lowest BCUT2D eigenvalue weighted by Crippen LogP contribution is -2.32. The van der Waals surface area contributed by atoms with Gasteiger partial charge in [0.25, 0.3) is 0 Å². The van der Waals surface area contributed by atoms with Gasteiger partial charge in [0.15, 0.2) is 11.6 Å². The van der Waals surface area contributed by atoms with Crippen molar-refractivity contribution in [3.8, 4) is 0 Å². The molecule has 0 bridgehead atoms. The van der Waals surface area contributed by atoms with Crippen molar-refractivity contribution in [3.63, 3.8) is 0 Å². The lowest BCUT2D eigenvalue weighted by Gasteiger charge is -2.16. The van der Waals surface area contributed by atoms with E-state index in [1.165, 1.54) is 6.33 Å². The number of aromatic nitrogens is 2. The van der Waals surface area contributed by atoms with Gasteiger partial charge >= 0.3 is 0 Å². The quantitative estimate of drug-likeness (QED) is 0.538. The summed E-state index contributed by atoms with van der Waals surface area (Å²) in [6.45, 7) is 2.46. The number of ether oxygens (including phenoxy) is 1. The summed E-state index contributed by atoms with van der Waals surface area (Å²) in [7, 11) is 1.62. The Kier molecular flexibility index (Phi) is 6.32. The maximum atomic E-state index is 12.0. The lowest BCUT2D eigenvalue weighted by atomic mass is 10.1. The molecule has 0 aliphatic rings. The van der Waals surface area contributed by atoms with Crippen LogP contribution in [0.4, 0.5) is 17.3 Å². The third kappa shape index (κ3) is 5.10. The number of nitrogen functional groups attached to an aromatic ring is 1. The predicted octanol–water partition coefficient (Wildman–Crippen LogP) is 1.19. The van der Waals surface area contributed by atoms with Crippen LogP contribution in [0.25, 0.3) is 0 Å². The van der Waals surface area contributed by atoms with E-state index in [-0.39, 0.29) is 18.4 Å². The van der Waals surface area contributed by atoms with Gasteiger partial charge in [-0.15, -0.1) is 0 Å². The van der Waals surface area contributed by atoms with E-state index in [9.17, 15) is 4.79 Å². The molecule has 0 aliphatic carbocycles. The smallest absolute Gasteiger partial charge is 0.242 e. The van der Waals surface area contributed by atoms with Crippen LogP contribution in [0, 0.1) is 0 Å². The van der Waals surface area contributed by atoms with Gasteiger partial charge < -0.3 is 15.8 Å². The standard InChI is InChI=1S/C16H22N6O2/c1-11(9-24-2)20-15-14(17)16(19-10-18-15)22-21-13(23)8-12-6-4-3-5-7-12/h3-7,10-11H,8-9,17H2,1-2H3,(H,21,23)(H2,18,19,20,22). The highest BCUT2D eigenvalue weighted by Gasteiger charge is 2.11. The number of rotatable bonds is 8. The normalized spacial score (nSPS) is 11.6. The predicted molar refractivity (Wildman–Crippen MR) is 93.3 cm³/mol. The average Bonchev–Trinajstić information content (AvgIpc) is 2.57. The summed E-state index contributed by atoms with van der Waals surface area (Å²) in [5, 5.41) is 3.13. The number of nitrogens with two attached hydrogens (primary N) is 1. The van der Waals surface area contributed by atoms with E-state index in [0.29, 0.717) is 23.9 Å². The Labute approximate surface area is 140 Å². The molecule has 8 heteroatoms. The minimum Gasteiger partial charge on any atom is -0.393 e. The number of methoxy groups -OCH3 is 1. The largest absolute Gasteiger partial charge is 0.393 e. The number of nitrogens with one attached hydrogen (secondary N) is 3. The van der Waals surface area contributed by atoms with Gasteiger partial charge in [0.1, 0.15) is 12.0 Å². The first-order valence-corrected chi connectivity index (χ1v) is 7.55. The Bertz CT molecular complexity index is 665. The molecule has 128 valence electrons. The zero-order valence-corrected chi connectivity index (χ0v) is 13.7. The van der Waals surface area contributed by atoms with Crippen LogP contribution >= 0.6 is 0 Å². The third-order valence-electron chi connectivity index (χ3n) is 3.21. The lowest BCUT2D eigenvalue weighted by molar-refractivity contribution is -0.119. The van der Waals surface area contributed by atoms with E-state index in [4.69, 9.17) is 10.5 Å². The highest BCUT2D eigenvalue weighted by molar-refractivity contribution is 5.81. The van der Waals surface area contributed by atoms with Gasteiger partial charge in [0.05, 0.1) is 13.0 Å². The highest BCUT2D eigenvalue weighted by Crippen LogP contribution is 2.22. The van der Waals surface area contributed by atoms with Gasteiger partial charge in [-0.3, -0.25) is 15.6 Å². The summed E-state index contributed by atoms with van der Waals surface area (Å²) in [4.78, 5) is 20.1. The number of hydrogen-bond acceptors (Lipinski definition) is 7. The number of anilines is 3. The van der Waals surface area contributed by atoms with Crippen LogP contribution in [-0.4, -0.2) is 35.6 Å². The molecule has 1 atom stereocenters. The van der Waals surface area contributed by atoms with Crippen LogP contribution in [0.3, 0.4) is 0 Å². The number of benzene rings is 1. The summed E-state index contributed by atoms with van der Waals surface area (Å²) >= 11 is 0. The van der Waals surface area contributed by atoms with Crippen molar-refractivity contribution in [3.05, 3.63) is 42.2 Å². The van der Waals surface area contributed by atoms with E-state index in [1.807, 2.05) is 37.3 Å². The molecule has 0 aliphatic heterocycles. The SMILES string of the molecule is COCC(C)Nc1ncnc(NNC(=O)Cc2ccccc2)c1N. The molecular formula is C16H22N6O2. The topological polar surface area (TPSA) is 114 Å². The molecule has 0 spiro atoms. The van der Waals surface area contributed by atoms with Crippen molar-refractivity contribution in [1.82, 2.24) is 15.4 Å². The highest BCUT2D eigenvalue weighted by atomic mass is 16.5. The first-order valence-electron chi connectivity index (χ1n) is 7.55. The summed E-state index contributed by atoms with van der Waals surface area (Å²) in [5.74, 6) is 0.620. The number of carbonyl (C=O) groups excluding carboxylic acids is 1. The van der Waals surface area contributed by atoms with E-state index in [0.717, 1.165) is 5.56 Å². The molecular weight excluding hydrogens is 308 g/mol. The maximum Gasteiger partial charge on any atom is 0.242 e. The summed E-state index contributed by atoms with van der Waals surface area (Å²) in [6, 6.07) is 9.48. The van der Waals surface area contributed by atoms with Crippen LogP contribution in [0.1, 0.15) is 12.5 Å². The molecule has 24 heavy (non-hydrogen) atoms. The number of hydrazine groups is 1. The fourth-order valence-electron chi connectivity index (χ4n) is 2.09. The second kappa shape index (κ2) is 8.68. The fourth-order valence-corrected chi connectivity index (χ4v) is 2.09. The second-order valence-corrected chi connectivity index (χ2v) is 5.32. The molecule has 0 radical (unpaired) electrons. The van der Waals surface area contributed by atoms with Crippen LogP contribution < -0.4 is 21.9 Å². The van der Waals surface area contributed by atoms with Crippen molar-refractivity contribution in [1.29, 1.82) is 0 Å². The van der Waals surface area contributed by atoms with Crippen LogP contribution in [-0.2, 0) is 16.0 Å². The van der Waals surface area contributed by atoms with Crippen molar-refractivity contribution in [2.75, 3.05) is 30.2 Å².